The lowest BCUT2D eigenvalue weighted by atomic mass is 10.2. The molecule has 2 heterocycles. The molecule has 1 aromatic heterocycles. The third-order valence-corrected chi connectivity index (χ3v) is 5.35. The molecule has 0 unspecified atom stereocenters. The van der Waals surface area contributed by atoms with Crippen LogP contribution in [0, 0.1) is 0 Å². The highest BCUT2D eigenvalue weighted by Crippen LogP contribution is 2.22. The molecule has 2 aromatic carbocycles. The minimum Gasteiger partial charge on any atom is -0.368 e. The number of aliphatic imine (C=N–C) groups is 1. The van der Waals surface area contributed by atoms with Crippen molar-refractivity contribution in [3.8, 4) is 0 Å². The molecule has 0 spiro atoms. The molecule has 2 N–H and O–H groups in total. The van der Waals surface area contributed by atoms with E-state index in [9.17, 15) is 8.42 Å². The third-order valence-electron chi connectivity index (χ3n) is 3.95. The average Bonchev–Trinajstić information content (AvgIpc) is 2.90. The highest BCUT2D eigenvalue weighted by atomic mass is 32.2. The number of hydrogen-bond donors (Lipinski definition) is 2. The number of aromatic nitrogens is 1. The summed E-state index contributed by atoms with van der Waals surface area (Å²) >= 11 is 0. The first-order valence-electron chi connectivity index (χ1n) is 7.90. The zero-order valence-electron chi connectivity index (χ0n) is 13.3. The Hall–Kier alpha value is -2.93. The second-order valence-corrected chi connectivity index (χ2v) is 7.30. The Morgan fingerprint density at radius 2 is 1.80 bits per heavy atom. The molecule has 0 bridgehead atoms. The van der Waals surface area contributed by atoms with E-state index in [1.165, 1.54) is 0 Å². The number of nitrogens with zero attached hydrogens (tertiary/aromatic N) is 2. The van der Waals surface area contributed by atoms with Gasteiger partial charge in [0.1, 0.15) is 11.7 Å². The second kappa shape index (κ2) is 6.18. The summed E-state index contributed by atoms with van der Waals surface area (Å²) in [5, 5.41) is 4.30. The number of anilines is 1. The molecular weight excluding hydrogens is 336 g/mol. The van der Waals surface area contributed by atoms with Gasteiger partial charge >= 0.3 is 0 Å². The van der Waals surface area contributed by atoms with Crippen molar-refractivity contribution >= 4 is 32.6 Å². The molecule has 6 nitrogen and oxygen atoms in total. The summed E-state index contributed by atoms with van der Waals surface area (Å²) in [6.07, 6.45) is 0. The van der Waals surface area contributed by atoms with Crippen LogP contribution in [0.4, 0.5) is 5.82 Å². The first-order valence-corrected chi connectivity index (χ1v) is 9.38. The molecule has 126 valence electrons. The molecule has 1 aliphatic heterocycles. The number of fused-ring (bicyclic) bond motifs is 2. The highest BCUT2D eigenvalue weighted by Gasteiger charge is 2.29. The van der Waals surface area contributed by atoms with E-state index in [2.05, 4.69) is 20.0 Å². The summed E-state index contributed by atoms with van der Waals surface area (Å²) in [4.78, 5) is 9.18. The fourth-order valence-corrected chi connectivity index (χ4v) is 4.02. The first kappa shape index (κ1) is 15.6. The molecular formula is C18H16N4O2S. The van der Waals surface area contributed by atoms with E-state index in [1.807, 2.05) is 36.4 Å². The molecule has 0 fully saturated rings. The monoisotopic (exact) mass is 352 g/mol. The van der Waals surface area contributed by atoms with Gasteiger partial charge in [0, 0.05) is 17.5 Å². The SMILES string of the molecule is O=S1(=O)NC(=NCCNc2ccc3ccccc3n2)c2ccccc21. The third kappa shape index (κ3) is 3.06. The number of pyridine rings is 1. The van der Waals surface area contributed by atoms with Crippen molar-refractivity contribution in [2.45, 2.75) is 4.90 Å². The quantitative estimate of drug-likeness (QED) is 0.706. The smallest absolute Gasteiger partial charge is 0.263 e. The minimum atomic E-state index is -3.48. The van der Waals surface area contributed by atoms with Gasteiger partial charge in [-0.25, -0.2) is 13.4 Å². The van der Waals surface area contributed by atoms with E-state index in [1.54, 1.807) is 24.3 Å². The van der Waals surface area contributed by atoms with Crippen LogP contribution in [0.25, 0.3) is 10.9 Å². The Kier molecular flexibility index (Phi) is 3.85. The van der Waals surface area contributed by atoms with Crippen molar-refractivity contribution in [2.75, 3.05) is 18.4 Å². The molecule has 7 heteroatoms. The summed E-state index contributed by atoms with van der Waals surface area (Å²) in [5.41, 5.74) is 1.54. The van der Waals surface area contributed by atoms with Gasteiger partial charge in [-0.3, -0.25) is 9.71 Å². The first-order chi connectivity index (χ1) is 12.1. The number of para-hydroxylation sites is 1. The number of benzene rings is 2. The van der Waals surface area contributed by atoms with Crippen molar-refractivity contribution in [3.05, 3.63) is 66.2 Å². The van der Waals surface area contributed by atoms with Crippen LogP contribution in [0.3, 0.4) is 0 Å². The van der Waals surface area contributed by atoms with Gasteiger partial charge in [0.25, 0.3) is 10.0 Å². The van der Waals surface area contributed by atoms with E-state index in [0.29, 0.717) is 24.5 Å². The fraction of sp³-hybridized carbons (Fsp3) is 0.111. The number of nitrogens with one attached hydrogen (secondary N) is 2. The van der Waals surface area contributed by atoms with Gasteiger partial charge in [-0.05, 0) is 30.3 Å². The predicted octanol–water partition coefficient (Wildman–Crippen LogP) is 2.39. The molecule has 4 rings (SSSR count). The maximum atomic E-state index is 12.0. The van der Waals surface area contributed by atoms with Crippen LogP contribution in [0.5, 0.6) is 0 Å². The Balaban J connectivity index is 1.45. The molecule has 0 saturated carbocycles. The fourth-order valence-electron chi connectivity index (χ4n) is 2.77. The molecule has 0 saturated heterocycles. The van der Waals surface area contributed by atoms with Gasteiger partial charge in [0.2, 0.25) is 0 Å². The van der Waals surface area contributed by atoms with E-state index in [0.717, 1.165) is 16.7 Å². The maximum Gasteiger partial charge on any atom is 0.263 e. The molecule has 0 aliphatic carbocycles. The lowest BCUT2D eigenvalue weighted by molar-refractivity contribution is 0.595. The zero-order chi connectivity index (χ0) is 17.3. The number of hydrogen-bond acceptors (Lipinski definition) is 5. The molecule has 25 heavy (non-hydrogen) atoms. The van der Waals surface area contributed by atoms with Crippen molar-refractivity contribution in [2.24, 2.45) is 4.99 Å². The van der Waals surface area contributed by atoms with Gasteiger partial charge in [-0.2, -0.15) is 0 Å². The Morgan fingerprint density at radius 3 is 2.72 bits per heavy atom. The highest BCUT2D eigenvalue weighted by molar-refractivity contribution is 7.90. The Bertz CT molecular complexity index is 1080. The largest absolute Gasteiger partial charge is 0.368 e. The molecule has 0 amide bonds. The van der Waals surface area contributed by atoms with Crippen molar-refractivity contribution in [1.29, 1.82) is 0 Å². The molecule has 0 atom stereocenters. The molecule has 3 aromatic rings. The topological polar surface area (TPSA) is 83.5 Å². The lowest BCUT2D eigenvalue weighted by Gasteiger charge is -2.05. The van der Waals surface area contributed by atoms with Crippen molar-refractivity contribution in [3.63, 3.8) is 0 Å². The van der Waals surface area contributed by atoms with Crippen LogP contribution in [0.2, 0.25) is 0 Å². The van der Waals surface area contributed by atoms with Crippen LogP contribution >= 0.6 is 0 Å². The van der Waals surface area contributed by atoms with Gasteiger partial charge < -0.3 is 5.32 Å². The van der Waals surface area contributed by atoms with E-state index >= 15 is 0 Å². The van der Waals surface area contributed by atoms with E-state index in [4.69, 9.17) is 0 Å². The Labute approximate surface area is 145 Å². The number of amidine groups is 1. The zero-order valence-corrected chi connectivity index (χ0v) is 14.1. The Morgan fingerprint density at radius 1 is 1.00 bits per heavy atom. The number of sulfonamides is 1. The van der Waals surface area contributed by atoms with E-state index in [-0.39, 0.29) is 4.90 Å². The summed E-state index contributed by atoms with van der Waals surface area (Å²) in [6.45, 7) is 0.986. The standard InChI is InChI=1S/C18H16N4O2S/c23-25(24)16-8-4-2-6-14(16)18(22-25)20-12-11-19-17-10-9-13-5-1-3-7-15(13)21-17/h1-10H,11-12H2,(H,19,21)(H,20,22). The summed E-state index contributed by atoms with van der Waals surface area (Å²) in [5.74, 6) is 1.16. The normalized spacial score (nSPS) is 16.6. The van der Waals surface area contributed by atoms with Crippen LogP contribution in [-0.2, 0) is 10.0 Å². The average molecular weight is 352 g/mol. The van der Waals surface area contributed by atoms with Gasteiger partial charge in [-0.15, -0.1) is 0 Å². The summed E-state index contributed by atoms with van der Waals surface area (Å²) in [7, 11) is -3.48. The van der Waals surface area contributed by atoms with Crippen molar-refractivity contribution < 1.29 is 8.42 Å². The van der Waals surface area contributed by atoms with Gasteiger partial charge in [0.05, 0.1) is 17.0 Å². The lowest BCUT2D eigenvalue weighted by Crippen LogP contribution is -2.23. The predicted molar refractivity (Wildman–Crippen MR) is 98.4 cm³/mol. The summed E-state index contributed by atoms with van der Waals surface area (Å²) < 4.78 is 26.5. The van der Waals surface area contributed by atoms with Crippen LogP contribution in [-0.4, -0.2) is 32.3 Å². The maximum absolute atomic E-state index is 12.0. The number of rotatable bonds is 4. The van der Waals surface area contributed by atoms with Crippen LogP contribution in [0.1, 0.15) is 5.56 Å². The molecule has 1 aliphatic rings. The van der Waals surface area contributed by atoms with E-state index < -0.39 is 10.0 Å². The van der Waals surface area contributed by atoms with Gasteiger partial charge in [0.15, 0.2) is 0 Å². The molecule has 0 radical (unpaired) electrons. The van der Waals surface area contributed by atoms with Crippen LogP contribution < -0.4 is 10.0 Å². The minimum absolute atomic E-state index is 0.276. The second-order valence-electron chi connectivity index (χ2n) is 5.65. The summed E-state index contributed by atoms with van der Waals surface area (Å²) in [6, 6.07) is 18.7. The van der Waals surface area contributed by atoms with Gasteiger partial charge in [-0.1, -0.05) is 30.3 Å². The van der Waals surface area contributed by atoms with Crippen LogP contribution in [0.15, 0.2) is 70.6 Å². The van der Waals surface area contributed by atoms with Crippen molar-refractivity contribution in [1.82, 2.24) is 9.71 Å².